The highest BCUT2D eigenvalue weighted by atomic mass is 32.2. The molecule has 10 nitrogen and oxygen atoms in total. The fourth-order valence-corrected chi connectivity index (χ4v) is 4.23. The number of rotatable bonds is 10. The first-order valence-electron chi connectivity index (χ1n) is 10.0. The van der Waals surface area contributed by atoms with Crippen molar-refractivity contribution in [3.05, 3.63) is 76.1 Å². The van der Waals surface area contributed by atoms with Crippen molar-refractivity contribution in [1.82, 2.24) is 14.8 Å². The van der Waals surface area contributed by atoms with E-state index in [4.69, 9.17) is 18.9 Å². The van der Waals surface area contributed by atoms with Gasteiger partial charge in [-0.1, -0.05) is 17.8 Å². The van der Waals surface area contributed by atoms with E-state index in [-0.39, 0.29) is 25.7 Å². The minimum atomic E-state index is -0.419. The van der Waals surface area contributed by atoms with Gasteiger partial charge in [-0.2, -0.15) is 0 Å². The number of ether oxygens (including phenoxy) is 4. The van der Waals surface area contributed by atoms with Gasteiger partial charge in [0.15, 0.2) is 17.8 Å². The van der Waals surface area contributed by atoms with Crippen LogP contribution in [0.1, 0.15) is 17.0 Å². The van der Waals surface area contributed by atoms with Gasteiger partial charge in [-0.15, -0.1) is 16.8 Å². The minimum Gasteiger partial charge on any atom is -0.497 e. The van der Waals surface area contributed by atoms with Crippen molar-refractivity contribution in [2.45, 2.75) is 30.7 Å². The van der Waals surface area contributed by atoms with Crippen LogP contribution in [0, 0.1) is 10.1 Å². The molecular formula is C22H22N4O6S. The molecule has 0 saturated heterocycles. The van der Waals surface area contributed by atoms with E-state index < -0.39 is 4.92 Å². The number of benzene rings is 2. The van der Waals surface area contributed by atoms with Crippen LogP contribution < -0.4 is 14.2 Å². The van der Waals surface area contributed by atoms with Crippen LogP contribution in [0.25, 0.3) is 0 Å². The third kappa shape index (κ3) is 5.26. The number of thioether (sulfide) groups is 1. The first-order valence-corrected chi connectivity index (χ1v) is 11.0. The zero-order valence-corrected chi connectivity index (χ0v) is 18.7. The van der Waals surface area contributed by atoms with Gasteiger partial charge in [0.05, 0.1) is 18.6 Å². The molecule has 1 aromatic heterocycles. The Kier molecular flexibility index (Phi) is 7.10. The predicted molar refractivity (Wildman–Crippen MR) is 120 cm³/mol. The van der Waals surface area contributed by atoms with Gasteiger partial charge in [0, 0.05) is 35.6 Å². The van der Waals surface area contributed by atoms with Gasteiger partial charge in [-0.25, -0.2) is 0 Å². The average molecular weight is 471 g/mol. The Bertz CT molecular complexity index is 1150. The molecule has 0 unspecified atom stereocenters. The molecule has 0 bridgehead atoms. The molecule has 0 amide bonds. The summed E-state index contributed by atoms with van der Waals surface area (Å²) in [5.74, 6) is 3.10. The summed E-state index contributed by atoms with van der Waals surface area (Å²) in [7, 11) is 1.61. The number of methoxy groups -OCH3 is 1. The van der Waals surface area contributed by atoms with Crippen LogP contribution in [-0.4, -0.2) is 33.6 Å². The van der Waals surface area contributed by atoms with Crippen LogP contribution in [0.15, 0.2) is 54.2 Å². The Labute approximate surface area is 194 Å². The highest BCUT2D eigenvalue weighted by Crippen LogP contribution is 2.36. The second-order valence-corrected chi connectivity index (χ2v) is 7.95. The normalized spacial score (nSPS) is 12.5. The largest absolute Gasteiger partial charge is 0.497 e. The molecule has 0 saturated carbocycles. The van der Waals surface area contributed by atoms with E-state index in [0.717, 1.165) is 5.75 Å². The molecule has 172 valence electrons. The maximum atomic E-state index is 11.3. The summed E-state index contributed by atoms with van der Waals surface area (Å²) in [5, 5.41) is 20.5. The van der Waals surface area contributed by atoms with Gasteiger partial charge < -0.3 is 18.9 Å². The minimum absolute atomic E-state index is 0.000381. The van der Waals surface area contributed by atoms with Gasteiger partial charge in [0.1, 0.15) is 23.9 Å². The zero-order chi connectivity index (χ0) is 23.2. The quantitative estimate of drug-likeness (QED) is 0.187. The number of nitrogens with zero attached hydrogens (tertiary/aromatic N) is 4. The molecule has 0 spiro atoms. The van der Waals surface area contributed by atoms with Crippen molar-refractivity contribution in [3.8, 4) is 17.2 Å². The SMILES string of the molecule is C=CCn1c(COc2ccc(OC)cc2)nnc1SCc1cc([N+](=O)[O-])cc2c1OCOC2. The van der Waals surface area contributed by atoms with E-state index in [9.17, 15) is 10.1 Å². The number of fused-ring (bicyclic) bond motifs is 1. The number of aromatic nitrogens is 3. The van der Waals surface area contributed by atoms with Crippen LogP contribution in [0.3, 0.4) is 0 Å². The molecule has 11 heteroatoms. The molecule has 3 aromatic rings. The summed E-state index contributed by atoms with van der Waals surface area (Å²) < 4.78 is 23.8. The number of nitro benzene ring substituents is 1. The molecule has 0 radical (unpaired) electrons. The van der Waals surface area contributed by atoms with Gasteiger partial charge in [0.25, 0.3) is 5.69 Å². The lowest BCUT2D eigenvalue weighted by atomic mass is 10.1. The summed E-state index contributed by atoms with van der Waals surface area (Å²) in [4.78, 5) is 10.9. The Morgan fingerprint density at radius 1 is 1.27 bits per heavy atom. The topological polar surface area (TPSA) is 111 Å². The Balaban J connectivity index is 1.50. The second kappa shape index (κ2) is 10.4. The Hall–Kier alpha value is -3.57. The van der Waals surface area contributed by atoms with Gasteiger partial charge >= 0.3 is 0 Å². The fourth-order valence-electron chi connectivity index (χ4n) is 3.30. The monoisotopic (exact) mass is 470 g/mol. The van der Waals surface area contributed by atoms with Gasteiger partial charge in [0.2, 0.25) is 0 Å². The number of non-ortho nitro benzene ring substituents is 1. The van der Waals surface area contributed by atoms with E-state index in [1.165, 1.54) is 23.9 Å². The molecule has 0 aliphatic carbocycles. The van der Waals surface area contributed by atoms with E-state index >= 15 is 0 Å². The molecule has 0 fully saturated rings. The first kappa shape index (κ1) is 22.6. The van der Waals surface area contributed by atoms with E-state index in [1.807, 2.05) is 28.8 Å². The lowest BCUT2D eigenvalue weighted by molar-refractivity contribution is -0.385. The standard InChI is InChI=1S/C22H22N4O6S/c1-3-8-25-20(12-31-19-6-4-18(29-2)5-7-19)23-24-22(25)33-13-16-10-17(26(27)28)9-15-11-30-14-32-21(15)16/h3-7,9-10H,1,8,11-14H2,2H3. The number of hydrogen-bond acceptors (Lipinski definition) is 9. The van der Waals surface area contributed by atoms with Gasteiger partial charge in [-0.3, -0.25) is 14.7 Å². The van der Waals surface area contributed by atoms with Crippen molar-refractivity contribution >= 4 is 17.4 Å². The summed E-state index contributed by atoms with van der Waals surface area (Å²) in [6, 6.07) is 10.3. The predicted octanol–water partition coefficient (Wildman–Crippen LogP) is 4.12. The Morgan fingerprint density at radius 3 is 2.79 bits per heavy atom. The smallest absolute Gasteiger partial charge is 0.270 e. The van der Waals surface area contributed by atoms with E-state index in [0.29, 0.717) is 45.9 Å². The van der Waals surface area contributed by atoms with Crippen molar-refractivity contribution in [2.75, 3.05) is 13.9 Å². The molecule has 33 heavy (non-hydrogen) atoms. The van der Waals surface area contributed by atoms with Crippen LogP contribution >= 0.6 is 11.8 Å². The maximum Gasteiger partial charge on any atom is 0.270 e. The summed E-state index contributed by atoms with van der Waals surface area (Å²) in [5.41, 5.74) is 1.36. The Morgan fingerprint density at radius 2 is 2.06 bits per heavy atom. The lowest BCUT2D eigenvalue weighted by Crippen LogP contribution is -2.13. The molecule has 4 rings (SSSR count). The van der Waals surface area contributed by atoms with Crippen LogP contribution in [0.4, 0.5) is 5.69 Å². The lowest BCUT2D eigenvalue weighted by Gasteiger charge is -2.20. The number of allylic oxidation sites excluding steroid dienone is 1. The van der Waals surface area contributed by atoms with Crippen LogP contribution in [0.5, 0.6) is 17.2 Å². The highest BCUT2D eigenvalue weighted by molar-refractivity contribution is 7.98. The second-order valence-electron chi connectivity index (χ2n) is 7.01. The van der Waals surface area contributed by atoms with Gasteiger partial charge in [-0.05, 0) is 24.3 Å². The first-order chi connectivity index (χ1) is 16.1. The fraction of sp³-hybridized carbons (Fsp3) is 0.273. The third-order valence-electron chi connectivity index (χ3n) is 4.87. The molecule has 1 aliphatic rings. The average Bonchev–Trinajstić information content (AvgIpc) is 3.22. The molecule has 2 heterocycles. The van der Waals surface area contributed by atoms with Crippen LogP contribution in [-0.2, 0) is 30.2 Å². The molecule has 2 aromatic carbocycles. The van der Waals surface area contributed by atoms with E-state index in [2.05, 4.69) is 16.8 Å². The van der Waals surface area contributed by atoms with Crippen molar-refractivity contribution in [1.29, 1.82) is 0 Å². The van der Waals surface area contributed by atoms with E-state index in [1.54, 1.807) is 13.2 Å². The van der Waals surface area contributed by atoms with Crippen molar-refractivity contribution < 1.29 is 23.9 Å². The van der Waals surface area contributed by atoms with Crippen molar-refractivity contribution in [2.24, 2.45) is 0 Å². The third-order valence-corrected chi connectivity index (χ3v) is 5.89. The summed E-state index contributed by atoms with van der Waals surface area (Å²) in [6.07, 6.45) is 1.75. The molecule has 0 atom stereocenters. The molecule has 0 N–H and O–H groups in total. The summed E-state index contributed by atoms with van der Waals surface area (Å²) in [6.45, 7) is 4.91. The summed E-state index contributed by atoms with van der Waals surface area (Å²) >= 11 is 1.41. The number of hydrogen-bond donors (Lipinski definition) is 0. The zero-order valence-electron chi connectivity index (χ0n) is 17.9. The highest BCUT2D eigenvalue weighted by Gasteiger charge is 2.22. The molecular weight excluding hydrogens is 448 g/mol. The van der Waals surface area contributed by atoms with Crippen LogP contribution in [0.2, 0.25) is 0 Å². The van der Waals surface area contributed by atoms with Crippen molar-refractivity contribution in [3.63, 3.8) is 0 Å². The molecule has 1 aliphatic heterocycles. The number of nitro groups is 1. The maximum absolute atomic E-state index is 11.3.